The molecule has 0 saturated carbocycles. The third-order valence-electron chi connectivity index (χ3n) is 7.37. The Hall–Kier alpha value is -3.94. The van der Waals surface area contributed by atoms with Gasteiger partial charge >= 0.3 is 6.03 Å². The lowest BCUT2D eigenvalue weighted by Crippen LogP contribution is -2.49. The van der Waals surface area contributed by atoms with E-state index in [1.54, 1.807) is 17.0 Å². The Kier molecular flexibility index (Phi) is 11.2. The molecule has 4 N–H and O–H groups in total. The molecule has 0 spiro atoms. The van der Waals surface area contributed by atoms with Crippen LogP contribution in [-0.2, 0) is 16.6 Å². The molecule has 1 fully saturated rings. The van der Waals surface area contributed by atoms with Gasteiger partial charge in [0.2, 0.25) is 10.0 Å². The molecular formula is C31H36ClF2N5O5S. The number of benzene rings is 3. The van der Waals surface area contributed by atoms with E-state index in [0.29, 0.717) is 49.2 Å². The molecule has 4 rings (SSSR count). The lowest BCUT2D eigenvalue weighted by Gasteiger charge is -2.38. The summed E-state index contributed by atoms with van der Waals surface area (Å²) in [5.41, 5.74) is 5.79. The van der Waals surface area contributed by atoms with Crippen molar-refractivity contribution in [1.82, 2.24) is 9.80 Å². The number of anilines is 2. The first-order chi connectivity index (χ1) is 21.3. The second-order valence-electron chi connectivity index (χ2n) is 10.9. The number of amides is 3. The number of hydrogen-bond donors (Lipinski definition) is 3. The van der Waals surface area contributed by atoms with Gasteiger partial charge in [0, 0.05) is 38.3 Å². The van der Waals surface area contributed by atoms with Crippen LogP contribution < -0.4 is 20.5 Å². The number of piperidine rings is 1. The monoisotopic (exact) mass is 663 g/mol. The molecule has 3 amide bonds. The van der Waals surface area contributed by atoms with Gasteiger partial charge in [-0.15, -0.1) is 0 Å². The highest BCUT2D eigenvalue weighted by molar-refractivity contribution is 7.92. The molecule has 0 atom stereocenters. The van der Waals surface area contributed by atoms with Crippen molar-refractivity contribution in [2.45, 2.75) is 45.2 Å². The molecule has 242 valence electrons. The van der Waals surface area contributed by atoms with Gasteiger partial charge in [-0.3, -0.25) is 14.4 Å². The zero-order chi connectivity index (χ0) is 32.7. The van der Waals surface area contributed by atoms with Crippen LogP contribution in [0.4, 0.5) is 25.0 Å². The maximum Gasteiger partial charge on any atom is 0.322 e. The van der Waals surface area contributed by atoms with Crippen molar-refractivity contribution in [3.8, 4) is 11.5 Å². The van der Waals surface area contributed by atoms with Gasteiger partial charge in [-0.25, -0.2) is 22.0 Å². The number of urea groups is 1. The van der Waals surface area contributed by atoms with Crippen molar-refractivity contribution in [1.29, 1.82) is 0 Å². The quantitative estimate of drug-likeness (QED) is 0.212. The second kappa shape index (κ2) is 14.9. The minimum atomic E-state index is -3.43. The first-order valence-corrected chi connectivity index (χ1v) is 16.7. The van der Waals surface area contributed by atoms with Crippen molar-refractivity contribution in [3.63, 3.8) is 0 Å². The zero-order valence-electron chi connectivity index (χ0n) is 25.0. The van der Waals surface area contributed by atoms with E-state index in [1.165, 1.54) is 6.07 Å². The SMILES string of the molecule is CCCCN(C(=O)Nc1cc(C(N)=O)c(F)cc1F)C1CCN(Cc2ccc(Oc3ccc(NS(C)(=O)=O)cc3Cl)cc2)CC1. The molecule has 1 aliphatic heterocycles. The van der Waals surface area contributed by atoms with Crippen molar-refractivity contribution in [2.24, 2.45) is 5.73 Å². The molecule has 3 aromatic carbocycles. The average molecular weight is 664 g/mol. The number of nitrogens with one attached hydrogen (secondary N) is 2. The van der Waals surface area contributed by atoms with Gasteiger partial charge in [0.15, 0.2) is 0 Å². The Morgan fingerprint density at radius 1 is 1.07 bits per heavy atom. The normalized spacial score (nSPS) is 14.2. The number of likely N-dealkylation sites (tertiary alicyclic amines) is 1. The van der Waals surface area contributed by atoms with Crippen molar-refractivity contribution in [2.75, 3.05) is 35.9 Å². The number of rotatable bonds is 12. The Morgan fingerprint density at radius 3 is 2.36 bits per heavy atom. The van der Waals surface area contributed by atoms with E-state index in [-0.39, 0.29) is 16.8 Å². The van der Waals surface area contributed by atoms with Gasteiger partial charge in [-0.05, 0) is 61.2 Å². The summed E-state index contributed by atoms with van der Waals surface area (Å²) in [6, 6.07) is 13.1. The number of primary amides is 1. The van der Waals surface area contributed by atoms with Crippen molar-refractivity contribution < 1.29 is 31.5 Å². The first-order valence-electron chi connectivity index (χ1n) is 14.5. The zero-order valence-corrected chi connectivity index (χ0v) is 26.6. The Bertz CT molecular complexity index is 1630. The molecular weight excluding hydrogens is 628 g/mol. The van der Waals surface area contributed by atoms with E-state index < -0.39 is 39.2 Å². The molecule has 1 heterocycles. The summed E-state index contributed by atoms with van der Waals surface area (Å²) in [5.74, 6) is -2.17. The summed E-state index contributed by atoms with van der Waals surface area (Å²) in [6.45, 7) is 4.65. The van der Waals surface area contributed by atoms with Crippen LogP contribution in [0.1, 0.15) is 48.5 Å². The summed E-state index contributed by atoms with van der Waals surface area (Å²) >= 11 is 6.28. The average Bonchev–Trinajstić information content (AvgIpc) is 2.97. The second-order valence-corrected chi connectivity index (χ2v) is 13.1. The van der Waals surface area contributed by atoms with Gasteiger partial charge < -0.3 is 20.7 Å². The van der Waals surface area contributed by atoms with E-state index in [0.717, 1.165) is 43.8 Å². The van der Waals surface area contributed by atoms with E-state index in [1.807, 2.05) is 31.2 Å². The van der Waals surface area contributed by atoms with Gasteiger partial charge in [-0.2, -0.15) is 0 Å². The van der Waals surface area contributed by atoms with Crippen LogP contribution in [0.5, 0.6) is 11.5 Å². The fraction of sp³-hybridized carbons (Fsp3) is 0.355. The molecule has 1 saturated heterocycles. The van der Waals surface area contributed by atoms with Gasteiger partial charge in [0.25, 0.3) is 5.91 Å². The summed E-state index contributed by atoms with van der Waals surface area (Å²) < 4.78 is 59.5. The largest absolute Gasteiger partial charge is 0.456 e. The van der Waals surface area contributed by atoms with Crippen LogP contribution in [0.3, 0.4) is 0 Å². The summed E-state index contributed by atoms with van der Waals surface area (Å²) in [7, 11) is -3.43. The van der Waals surface area contributed by atoms with Crippen LogP contribution in [0, 0.1) is 11.6 Å². The van der Waals surface area contributed by atoms with E-state index in [2.05, 4.69) is 14.9 Å². The number of nitrogens with zero attached hydrogens (tertiary/aromatic N) is 2. The van der Waals surface area contributed by atoms with Gasteiger partial charge in [0.1, 0.15) is 23.1 Å². The van der Waals surface area contributed by atoms with E-state index >= 15 is 0 Å². The van der Waals surface area contributed by atoms with Crippen LogP contribution in [0.15, 0.2) is 54.6 Å². The number of hydrogen-bond acceptors (Lipinski definition) is 6. The first kappa shape index (κ1) is 33.9. The lowest BCUT2D eigenvalue weighted by atomic mass is 10.0. The molecule has 45 heavy (non-hydrogen) atoms. The maximum absolute atomic E-state index is 14.4. The van der Waals surface area contributed by atoms with E-state index in [9.17, 15) is 26.8 Å². The van der Waals surface area contributed by atoms with Gasteiger partial charge in [-0.1, -0.05) is 37.1 Å². The Morgan fingerprint density at radius 2 is 1.76 bits per heavy atom. The lowest BCUT2D eigenvalue weighted by molar-refractivity contribution is 0.0996. The number of unbranched alkanes of at least 4 members (excludes halogenated alkanes) is 1. The smallest absolute Gasteiger partial charge is 0.322 e. The summed E-state index contributed by atoms with van der Waals surface area (Å²) in [6.07, 6.45) is 4.09. The molecule has 1 aliphatic rings. The molecule has 0 bridgehead atoms. The Labute approximate surface area is 266 Å². The predicted molar refractivity (Wildman–Crippen MR) is 170 cm³/mol. The number of halogens is 3. The predicted octanol–water partition coefficient (Wildman–Crippen LogP) is 6.18. The number of nitrogens with two attached hydrogens (primary N) is 1. The van der Waals surface area contributed by atoms with Crippen LogP contribution >= 0.6 is 11.6 Å². The molecule has 0 radical (unpaired) electrons. The van der Waals surface area contributed by atoms with Crippen LogP contribution in [0.25, 0.3) is 0 Å². The fourth-order valence-electron chi connectivity index (χ4n) is 5.10. The molecule has 10 nitrogen and oxygen atoms in total. The molecule has 0 aliphatic carbocycles. The number of carbonyl (C=O) groups excluding carboxylic acids is 2. The third-order valence-corrected chi connectivity index (χ3v) is 8.27. The summed E-state index contributed by atoms with van der Waals surface area (Å²) in [5, 5.41) is 2.76. The Balaban J connectivity index is 1.33. The van der Waals surface area contributed by atoms with Crippen molar-refractivity contribution in [3.05, 3.63) is 82.4 Å². The standard InChI is InChI=1S/C31H36ClF2N5O5S/c1-3-4-13-39(31(41)36-28-17-24(30(35)40)26(33)18-27(28)34)22-11-14-38(15-12-22)19-20-5-8-23(9-6-20)44-29-10-7-21(16-25(29)32)37-45(2,42)43/h5-10,16-18,22,37H,3-4,11-15,19H2,1-2H3,(H2,35,40)(H,36,41). The highest BCUT2D eigenvalue weighted by Crippen LogP contribution is 2.32. The number of sulfonamides is 1. The summed E-state index contributed by atoms with van der Waals surface area (Å²) in [4.78, 5) is 28.7. The highest BCUT2D eigenvalue weighted by Gasteiger charge is 2.28. The minimum Gasteiger partial charge on any atom is -0.456 e. The van der Waals surface area contributed by atoms with Crippen LogP contribution in [0.2, 0.25) is 5.02 Å². The molecule has 14 heteroatoms. The van der Waals surface area contributed by atoms with Crippen LogP contribution in [-0.4, -0.2) is 62.1 Å². The molecule has 0 unspecified atom stereocenters. The topological polar surface area (TPSA) is 134 Å². The molecule has 0 aromatic heterocycles. The van der Waals surface area contributed by atoms with Gasteiger partial charge in [0.05, 0.1) is 28.2 Å². The number of ether oxygens (including phenoxy) is 1. The van der Waals surface area contributed by atoms with E-state index in [4.69, 9.17) is 22.1 Å². The van der Waals surface area contributed by atoms with Crippen molar-refractivity contribution >= 4 is 44.9 Å². The highest BCUT2D eigenvalue weighted by atomic mass is 35.5. The fourth-order valence-corrected chi connectivity index (χ4v) is 5.87. The minimum absolute atomic E-state index is 0.0773. The molecule has 3 aromatic rings. The maximum atomic E-state index is 14.4. The third kappa shape index (κ3) is 9.52. The number of carbonyl (C=O) groups is 2.